The number of aliphatic carboxylic acids is 1. The molecule has 7 heteroatoms. The lowest BCUT2D eigenvalue weighted by Crippen LogP contribution is -2.27. The number of hydrogen-bond donors (Lipinski definition) is 2. The quantitative estimate of drug-likeness (QED) is 0.796. The molecule has 0 heterocycles. The van der Waals surface area contributed by atoms with Crippen LogP contribution < -0.4 is 10.1 Å². The molecule has 1 amide bonds. The Hall–Kier alpha value is -3.22. The van der Waals surface area contributed by atoms with E-state index in [2.05, 4.69) is 10.1 Å². The molecule has 2 rings (SSSR count). The van der Waals surface area contributed by atoms with E-state index in [0.717, 1.165) is 0 Å². The first-order valence-electron chi connectivity index (χ1n) is 6.82. The largest absolute Gasteiger partial charge is 0.477 e. The zero-order chi connectivity index (χ0) is 17.5. The molecule has 124 valence electrons. The average Bonchev–Trinajstić information content (AvgIpc) is 2.56. The fourth-order valence-electron chi connectivity index (χ4n) is 1.85. The van der Waals surface area contributed by atoms with Gasteiger partial charge in [-0.25, -0.2) is 4.79 Å². The average molecular weight is 333 g/mol. The summed E-state index contributed by atoms with van der Waals surface area (Å²) in [6, 6.07) is 13.5. The van der Waals surface area contributed by atoms with Crippen LogP contribution >= 0.6 is 0 Å². The minimum Gasteiger partial charge on any atom is -0.477 e. The highest BCUT2D eigenvalue weighted by Crippen LogP contribution is 2.16. The van der Waals surface area contributed by atoms with Gasteiger partial charge in [0.2, 0.25) is 0 Å². The number of rotatable bonds is 6. The fourth-order valence-corrected chi connectivity index (χ4v) is 1.85. The van der Waals surface area contributed by atoms with Gasteiger partial charge in [0.05, 0.1) is 0 Å². The Kier molecular flexibility index (Phi) is 5.62. The van der Waals surface area contributed by atoms with Crippen molar-refractivity contribution in [2.75, 3.05) is 0 Å². The number of nitrogens with one attached hydrogen (secondary N) is 1. The van der Waals surface area contributed by atoms with E-state index in [-0.39, 0.29) is 11.4 Å². The van der Waals surface area contributed by atoms with Crippen LogP contribution in [0.3, 0.4) is 0 Å². The second kappa shape index (κ2) is 7.87. The number of amides is 1. The normalized spacial score (nSPS) is 11.2. The van der Waals surface area contributed by atoms with Crippen molar-refractivity contribution in [1.29, 1.82) is 0 Å². The molecule has 0 radical (unpaired) electrons. The first kappa shape index (κ1) is 17.1. The number of benzene rings is 2. The van der Waals surface area contributed by atoms with Gasteiger partial charge >= 0.3 is 12.6 Å². The predicted molar refractivity (Wildman–Crippen MR) is 82.6 cm³/mol. The number of alkyl halides is 2. The molecule has 0 fully saturated rings. The third kappa shape index (κ3) is 4.91. The lowest BCUT2D eigenvalue weighted by Gasteiger charge is -2.07. The van der Waals surface area contributed by atoms with Crippen molar-refractivity contribution in [2.45, 2.75) is 6.61 Å². The van der Waals surface area contributed by atoms with Crippen molar-refractivity contribution in [3.05, 3.63) is 71.4 Å². The zero-order valence-corrected chi connectivity index (χ0v) is 12.3. The maximum absolute atomic E-state index is 12.1. The molecule has 0 saturated carbocycles. The van der Waals surface area contributed by atoms with Crippen LogP contribution in [-0.4, -0.2) is 23.6 Å². The van der Waals surface area contributed by atoms with Crippen LogP contribution in [0.15, 0.2) is 60.3 Å². The summed E-state index contributed by atoms with van der Waals surface area (Å²) in [5.74, 6) is -1.94. The molecule has 0 atom stereocenters. The van der Waals surface area contributed by atoms with Crippen molar-refractivity contribution in [3.8, 4) is 5.75 Å². The molecular weight excluding hydrogens is 320 g/mol. The van der Waals surface area contributed by atoms with E-state index in [1.807, 2.05) is 0 Å². The Morgan fingerprint density at radius 3 is 2.21 bits per heavy atom. The number of carbonyl (C=O) groups is 2. The molecule has 2 aromatic carbocycles. The Labute approximate surface area is 136 Å². The fraction of sp³-hybridized carbons (Fsp3) is 0.0588. The molecule has 0 aliphatic heterocycles. The van der Waals surface area contributed by atoms with E-state index in [1.165, 1.54) is 30.3 Å². The molecular formula is C17H13F2NO4. The third-order valence-electron chi connectivity index (χ3n) is 2.93. The summed E-state index contributed by atoms with van der Waals surface area (Å²) in [7, 11) is 0. The molecule has 24 heavy (non-hydrogen) atoms. The minimum atomic E-state index is -2.94. The van der Waals surface area contributed by atoms with Crippen molar-refractivity contribution in [1.82, 2.24) is 5.32 Å². The molecule has 0 aliphatic carbocycles. The van der Waals surface area contributed by atoms with Gasteiger partial charge in [-0.15, -0.1) is 0 Å². The summed E-state index contributed by atoms with van der Waals surface area (Å²) < 4.78 is 28.4. The molecule has 0 unspecified atom stereocenters. The zero-order valence-electron chi connectivity index (χ0n) is 12.3. The van der Waals surface area contributed by atoms with Gasteiger partial charge in [0.25, 0.3) is 5.91 Å². The van der Waals surface area contributed by atoms with Gasteiger partial charge in [0.15, 0.2) is 0 Å². The van der Waals surface area contributed by atoms with Crippen LogP contribution in [0.25, 0.3) is 6.08 Å². The highest BCUT2D eigenvalue weighted by atomic mass is 19.3. The van der Waals surface area contributed by atoms with Crippen LogP contribution in [0.1, 0.15) is 15.9 Å². The van der Waals surface area contributed by atoms with Gasteiger partial charge in [-0.3, -0.25) is 4.79 Å². The van der Waals surface area contributed by atoms with Crippen molar-refractivity contribution in [2.24, 2.45) is 0 Å². The molecule has 0 spiro atoms. The van der Waals surface area contributed by atoms with E-state index in [9.17, 15) is 23.5 Å². The lowest BCUT2D eigenvalue weighted by atomic mass is 10.1. The first-order chi connectivity index (χ1) is 11.5. The van der Waals surface area contributed by atoms with Gasteiger partial charge in [0.1, 0.15) is 11.4 Å². The highest BCUT2D eigenvalue weighted by molar-refractivity contribution is 6.02. The number of carboxylic acid groups (broad SMARTS) is 1. The molecule has 2 aromatic rings. The number of carboxylic acids is 1. The van der Waals surface area contributed by atoms with E-state index < -0.39 is 18.5 Å². The molecule has 0 saturated heterocycles. The van der Waals surface area contributed by atoms with E-state index >= 15 is 0 Å². The van der Waals surface area contributed by atoms with Gasteiger partial charge < -0.3 is 15.2 Å². The Bertz CT molecular complexity index is 743. The number of hydrogen-bond acceptors (Lipinski definition) is 3. The topological polar surface area (TPSA) is 75.6 Å². The molecule has 0 aromatic heterocycles. The Morgan fingerprint density at radius 1 is 1.04 bits per heavy atom. The van der Waals surface area contributed by atoms with Gasteiger partial charge in [0, 0.05) is 5.56 Å². The molecule has 0 aliphatic rings. The Balaban J connectivity index is 2.16. The summed E-state index contributed by atoms with van der Waals surface area (Å²) in [5.41, 5.74) is 0.374. The van der Waals surface area contributed by atoms with Crippen molar-refractivity contribution in [3.63, 3.8) is 0 Å². The third-order valence-corrected chi connectivity index (χ3v) is 2.93. The van der Waals surface area contributed by atoms with Gasteiger partial charge in [-0.2, -0.15) is 8.78 Å². The summed E-state index contributed by atoms with van der Waals surface area (Å²) >= 11 is 0. The summed E-state index contributed by atoms with van der Waals surface area (Å²) in [4.78, 5) is 23.3. The second-order valence-electron chi connectivity index (χ2n) is 4.63. The molecule has 2 N–H and O–H groups in total. The summed E-state index contributed by atoms with van der Waals surface area (Å²) in [5, 5.41) is 11.5. The number of ether oxygens (including phenoxy) is 1. The lowest BCUT2D eigenvalue weighted by molar-refractivity contribution is -0.132. The molecule has 5 nitrogen and oxygen atoms in total. The van der Waals surface area contributed by atoms with Gasteiger partial charge in [-0.1, -0.05) is 30.3 Å². The van der Waals surface area contributed by atoms with E-state index in [0.29, 0.717) is 11.1 Å². The number of carbonyl (C=O) groups excluding carboxylic acids is 1. The predicted octanol–water partition coefficient (Wildman–Crippen LogP) is 3.14. The second-order valence-corrected chi connectivity index (χ2v) is 4.63. The van der Waals surface area contributed by atoms with Crippen LogP contribution in [-0.2, 0) is 4.79 Å². The smallest absolute Gasteiger partial charge is 0.387 e. The maximum atomic E-state index is 12.1. The molecule has 0 bridgehead atoms. The van der Waals surface area contributed by atoms with Crippen LogP contribution in [0.5, 0.6) is 5.75 Å². The van der Waals surface area contributed by atoms with E-state index in [1.54, 1.807) is 30.3 Å². The van der Waals surface area contributed by atoms with Crippen LogP contribution in [0, 0.1) is 0 Å². The first-order valence-corrected chi connectivity index (χ1v) is 6.82. The highest BCUT2D eigenvalue weighted by Gasteiger charge is 2.13. The van der Waals surface area contributed by atoms with Crippen molar-refractivity contribution >= 4 is 18.0 Å². The SMILES string of the molecule is O=C(O)/C(=C/c1ccc(OC(F)F)cc1)NC(=O)c1ccccc1. The van der Waals surface area contributed by atoms with Crippen molar-refractivity contribution < 1.29 is 28.2 Å². The van der Waals surface area contributed by atoms with Crippen LogP contribution in [0.4, 0.5) is 8.78 Å². The number of halogens is 2. The standard InChI is InChI=1S/C17H13F2NO4/c18-17(19)24-13-8-6-11(7-9-13)10-14(16(22)23)20-15(21)12-4-2-1-3-5-12/h1-10,17H,(H,20,21)(H,22,23)/b14-10-. The Morgan fingerprint density at radius 2 is 1.67 bits per heavy atom. The van der Waals surface area contributed by atoms with E-state index in [4.69, 9.17) is 0 Å². The summed E-state index contributed by atoms with van der Waals surface area (Å²) in [6.45, 7) is -2.94. The summed E-state index contributed by atoms with van der Waals surface area (Å²) in [6.07, 6.45) is 1.22. The monoisotopic (exact) mass is 333 g/mol. The van der Waals surface area contributed by atoms with Gasteiger partial charge in [-0.05, 0) is 35.9 Å². The van der Waals surface area contributed by atoms with Crippen LogP contribution in [0.2, 0.25) is 0 Å². The maximum Gasteiger partial charge on any atom is 0.387 e. The minimum absolute atomic E-state index is 0.0488.